The lowest BCUT2D eigenvalue weighted by atomic mass is 9.68. The third kappa shape index (κ3) is 1.75. The van der Waals surface area contributed by atoms with E-state index in [4.69, 9.17) is 4.74 Å². The van der Waals surface area contributed by atoms with Crippen LogP contribution in [0.4, 0.5) is 0 Å². The van der Waals surface area contributed by atoms with Gasteiger partial charge in [0.15, 0.2) is 5.76 Å². The van der Waals surface area contributed by atoms with Gasteiger partial charge < -0.3 is 20.3 Å². The Kier molecular flexibility index (Phi) is 2.66. The van der Waals surface area contributed by atoms with Gasteiger partial charge in [0, 0.05) is 17.2 Å². The van der Waals surface area contributed by atoms with Crippen molar-refractivity contribution in [2.24, 2.45) is 5.92 Å². The van der Waals surface area contributed by atoms with Gasteiger partial charge in [0.05, 0.1) is 13.0 Å². The number of phenolic OH excluding ortho intramolecular Hbond substituents is 1. The van der Waals surface area contributed by atoms with Crippen molar-refractivity contribution < 1.29 is 24.5 Å². The monoisotopic (exact) mass is 311 g/mol. The minimum atomic E-state index is -0.714. The lowest BCUT2D eigenvalue weighted by Gasteiger charge is -2.40. The van der Waals surface area contributed by atoms with Crippen LogP contribution in [0.15, 0.2) is 47.1 Å². The number of Topliss-reactive ketones (excluding diaryl/α,β-unsaturated/α-hetero) is 1. The number of ether oxygens (including phenoxy) is 1. The Labute approximate surface area is 131 Å². The van der Waals surface area contributed by atoms with Gasteiger partial charge in [-0.15, -0.1) is 0 Å². The Morgan fingerprint density at radius 3 is 2.65 bits per heavy atom. The molecule has 0 radical (unpaired) electrons. The molecule has 1 saturated heterocycles. The van der Waals surface area contributed by atoms with E-state index >= 15 is 0 Å². The van der Waals surface area contributed by atoms with Gasteiger partial charge in [-0.2, -0.15) is 0 Å². The molecule has 2 aliphatic carbocycles. The van der Waals surface area contributed by atoms with E-state index in [0.29, 0.717) is 11.5 Å². The average Bonchev–Trinajstić information content (AvgIpc) is 2.52. The quantitative estimate of drug-likeness (QED) is 0.683. The highest BCUT2D eigenvalue weighted by Crippen LogP contribution is 2.50. The Balaban J connectivity index is 2.03. The molecule has 1 aliphatic heterocycles. The zero-order valence-electron chi connectivity index (χ0n) is 12.2. The smallest absolute Gasteiger partial charge is 0.296 e. The third-order valence-corrected chi connectivity index (χ3v) is 4.49. The van der Waals surface area contributed by atoms with E-state index in [-0.39, 0.29) is 17.1 Å². The topological polar surface area (TPSA) is 95.9 Å². The molecule has 23 heavy (non-hydrogen) atoms. The zero-order valence-corrected chi connectivity index (χ0v) is 12.2. The summed E-state index contributed by atoms with van der Waals surface area (Å²) in [5.74, 6) is -2.09. The predicted molar refractivity (Wildman–Crippen MR) is 80.2 cm³/mol. The minimum Gasteiger partial charge on any atom is -0.508 e. The molecule has 6 nitrogen and oxygen atoms in total. The number of allylic oxidation sites excluding steroid dienone is 3. The van der Waals surface area contributed by atoms with Crippen molar-refractivity contribution in [3.05, 3.63) is 58.2 Å². The van der Waals surface area contributed by atoms with Crippen LogP contribution < -0.4 is 5.32 Å². The van der Waals surface area contributed by atoms with Crippen molar-refractivity contribution >= 4 is 17.8 Å². The maximum absolute atomic E-state index is 12.2. The van der Waals surface area contributed by atoms with Gasteiger partial charge in [-0.25, -0.2) is 0 Å². The SMILES string of the molecule is COC1=C(O)C=C2C(=O)C(=O)NC3=Cc4ccc(O)cc4C1C32. The van der Waals surface area contributed by atoms with Crippen molar-refractivity contribution in [1.82, 2.24) is 5.32 Å². The molecular formula is C17H13NO5. The highest BCUT2D eigenvalue weighted by atomic mass is 16.5. The van der Waals surface area contributed by atoms with Gasteiger partial charge in [0.2, 0.25) is 5.78 Å². The van der Waals surface area contributed by atoms with Crippen molar-refractivity contribution in [2.75, 3.05) is 7.11 Å². The molecule has 1 amide bonds. The van der Waals surface area contributed by atoms with Gasteiger partial charge in [-0.05, 0) is 35.4 Å². The summed E-state index contributed by atoms with van der Waals surface area (Å²) in [6, 6.07) is 4.85. The molecule has 1 aromatic carbocycles. The molecule has 116 valence electrons. The van der Waals surface area contributed by atoms with E-state index in [2.05, 4.69) is 5.32 Å². The van der Waals surface area contributed by atoms with Crippen molar-refractivity contribution in [3.8, 4) is 5.75 Å². The van der Waals surface area contributed by atoms with E-state index in [9.17, 15) is 19.8 Å². The second kappa shape index (κ2) is 4.49. The molecule has 1 heterocycles. The Hall–Kier alpha value is -3.02. The molecule has 3 N–H and O–H groups in total. The molecule has 2 atom stereocenters. The fourth-order valence-electron chi connectivity index (χ4n) is 3.56. The first kappa shape index (κ1) is 13.6. The number of benzene rings is 1. The number of rotatable bonds is 1. The van der Waals surface area contributed by atoms with Crippen LogP contribution >= 0.6 is 0 Å². The average molecular weight is 311 g/mol. The van der Waals surface area contributed by atoms with E-state index in [0.717, 1.165) is 11.1 Å². The summed E-state index contributed by atoms with van der Waals surface area (Å²) >= 11 is 0. The number of carbonyl (C=O) groups is 2. The van der Waals surface area contributed by atoms with Crippen LogP contribution in [0.5, 0.6) is 5.75 Å². The summed E-state index contributed by atoms with van der Waals surface area (Å²) < 4.78 is 5.35. The fraction of sp³-hybridized carbons (Fsp3) is 0.176. The number of aromatic hydroxyl groups is 1. The van der Waals surface area contributed by atoms with E-state index in [1.807, 2.05) is 0 Å². The Morgan fingerprint density at radius 2 is 1.91 bits per heavy atom. The summed E-state index contributed by atoms with van der Waals surface area (Å²) in [5.41, 5.74) is 2.34. The second-order valence-electron chi connectivity index (χ2n) is 5.70. The molecule has 0 saturated carbocycles. The number of piperidine rings is 1. The zero-order chi connectivity index (χ0) is 16.3. The Morgan fingerprint density at radius 1 is 1.13 bits per heavy atom. The van der Waals surface area contributed by atoms with Gasteiger partial charge in [-0.3, -0.25) is 9.59 Å². The predicted octanol–water partition coefficient (Wildman–Crippen LogP) is 1.50. The van der Waals surface area contributed by atoms with E-state index in [1.54, 1.807) is 24.3 Å². The second-order valence-corrected chi connectivity index (χ2v) is 5.70. The van der Waals surface area contributed by atoms with Crippen LogP contribution in [0.2, 0.25) is 0 Å². The maximum Gasteiger partial charge on any atom is 0.296 e. The van der Waals surface area contributed by atoms with Gasteiger partial charge >= 0.3 is 0 Å². The molecule has 3 aliphatic rings. The highest BCUT2D eigenvalue weighted by Gasteiger charge is 2.47. The first-order valence-corrected chi connectivity index (χ1v) is 7.10. The maximum atomic E-state index is 12.2. The fourth-order valence-corrected chi connectivity index (χ4v) is 3.56. The normalized spacial score (nSPS) is 25.1. The minimum absolute atomic E-state index is 0.0813. The van der Waals surface area contributed by atoms with Crippen molar-refractivity contribution in [1.29, 1.82) is 0 Å². The standard InChI is InChI=1S/C17H13NO5/c1-23-16-12(20)6-10-13-11(18-17(22)15(10)21)4-7-2-3-8(19)5-9(7)14(13)16/h2-6,13-14,19-20H,1H3,(H,18,22). The summed E-state index contributed by atoms with van der Waals surface area (Å²) in [5, 5.41) is 22.7. The van der Waals surface area contributed by atoms with Gasteiger partial charge in [0.1, 0.15) is 11.5 Å². The summed E-state index contributed by atoms with van der Waals surface area (Å²) in [7, 11) is 1.44. The van der Waals surface area contributed by atoms with Crippen molar-refractivity contribution in [3.63, 3.8) is 0 Å². The molecule has 1 fully saturated rings. The lowest BCUT2D eigenvalue weighted by molar-refractivity contribution is -0.136. The number of aliphatic hydroxyl groups excluding tert-OH is 1. The number of ketones is 1. The molecule has 0 bridgehead atoms. The summed E-state index contributed by atoms with van der Waals surface area (Å²) in [6.45, 7) is 0. The molecule has 0 spiro atoms. The first-order chi connectivity index (χ1) is 11.0. The molecule has 4 rings (SSSR count). The summed E-state index contributed by atoms with van der Waals surface area (Å²) in [4.78, 5) is 24.0. The van der Waals surface area contributed by atoms with Crippen LogP contribution in [-0.4, -0.2) is 29.0 Å². The number of aliphatic hydroxyl groups is 1. The van der Waals surface area contributed by atoms with E-state index in [1.165, 1.54) is 13.2 Å². The number of hydrogen-bond donors (Lipinski definition) is 3. The number of fused-ring (bicyclic) bond motifs is 2. The Bertz CT molecular complexity index is 862. The van der Waals surface area contributed by atoms with Gasteiger partial charge in [0.25, 0.3) is 5.91 Å². The highest BCUT2D eigenvalue weighted by molar-refractivity contribution is 6.44. The first-order valence-electron chi connectivity index (χ1n) is 7.10. The number of nitrogens with one attached hydrogen (secondary N) is 1. The number of phenols is 1. The van der Waals surface area contributed by atoms with Crippen molar-refractivity contribution in [2.45, 2.75) is 5.92 Å². The van der Waals surface area contributed by atoms with Crippen LogP contribution in [0.1, 0.15) is 17.0 Å². The molecule has 2 unspecified atom stereocenters. The van der Waals surface area contributed by atoms with Crippen LogP contribution in [-0.2, 0) is 14.3 Å². The van der Waals surface area contributed by atoms with Crippen LogP contribution in [0, 0.1) is 5.92 Å². The number of carbonyl (C=O) groups excluding carboxylic acids is 2. The molecule has 0 aromatic heterocycles. The number of amides is 1. The molecule has 1 aromatic rings. The number of methoxy groups -OCH3 is 1. The largest absolute Gasteiger partial charge is 0.508 e. The third-order valence-electron chi connectivity index (χ3n) is 4.49. The molecule has 6 heteroatoms. The van der Waals surface area contributed by atoms with Crippen LogP contribution in [0.25, 0.3) is 6.08 Å². The summed E-state index contributed by atoms with van der Waals surface area (Å²) in [6.07, 6.45) is 3.08. The lowest BCUT2D eigenvalue weighted by Crippen LogP contribution is -2.46. The van der Waals surface area contributed by atoms with E-state index < -0.39 is 23.5 Å². The van der Waals surface area contributed by atoms with Crippen LogP contribution in [0.3, 0.4) is 0 Å². The van der Waals surface area contributed by atoms with Gasteiger partial charge in [-0.1, -0.05) is 6.07 Å². The molecular weight excluding hydrogens is 298 g/mol. The number of hydrogen-bond acceptors (Lipinski definition) is 5.